The van der Waals surface area contributed by atoms with Crippen LogP contribution >= 0.6 is 0 Å². The molecule has 33 heavy (non-hydrogen) atoms. The highest BCUT2D eigenvalue weighted by atomic mass is 16.5. The summed E-state index contributed by atoms with van der Waals surface area (Å²) in [4.78, 5) is 48.8. The van der Waals surface area contributed by atoms with Gasteiger partial charge in [-0.15, -0.1) is 0 Å². The molecule has 1 heterocycles. The predicted molar refractivity (Wildman–Crippen MR) is 122 cm³/mol. The number of hydrogen-bond acceptors (Lipinski definition) is 6. The van der Waals surface area contributed by atoms with Crippen molar-refractivity contribution in [2.45, 2.75) is 32.7 Å². The zero-order valence-corrected chi connectivity index (χ0v) is 18.2. The fourth-order valence-corrected chi connectivity index (χ4v) is 3.18. The molecule has 0 saturated carbocycles. The van der Waals surface area contributed by atoms with E-state index in [1.807, 2.05) is 0 Å². The quantitative estimate of drug-likeness (QED) is 0.332. The molecular formula is C23H25N5O5. The van der Waals surface area contributed by atoms with Gasteiger partial charge >= 0.3 is 0 Å². The second-order valence-electron chi connectivity index (χ2n) is 7.31. The molecule has 4 N–H and O–H groups in total. The molecule has 0 aliphatic heterocycles. The SMILES string of the molecule is CCCCCn1nc(C(=O)NNC(=O)COc2cccc(C(N)=O)c2)c2ccccc2c1=O. The van der Waals surface area contributed by atoms with Gasteiger partial charge in [-0.05, 0) is 30.7 Å². The Hall–Kier alpha value is -4.21. The van der Waals surface area contributed by atoms with Crippen LogP contribution in [0.25, 0.3) is 10.8 Å². The number of hydrogen-bond donors (Lipinski definition) is 3. The molecule has 3 rings (SSSR count). The number of ether oxygens (including phenoxy) is 1. The summed E-state index contributed by atoms with van der Waals surface area (Å²) in [6, 6.07) is 12.8. The van der Waals surface area contributed by atoms with Gasteiger partial charge in [0.25, 0.3) is 17.4 Å². The highest BCUT2D eigenvalue weighted by Crippen LogP contribution is 2.14. The molecule has 0 fully saturated rings. The zero-order chi connectivity index (χ0) is 23.8. The molecule has 0 unspecified atom stereocenters. The van der Waals surface area contributed by atoms with Crippen LogP contribution in [0.1, 0.15) is 47.0 Å². The molecule has 10 heteroatoms. The van der Waals surface area contributed by atoms with Gasteiger partial charge in [-0.25, -0.2) is 4.68 Å². The number of hydrazine groups is 1. The maximum absolute atomic E-state index is 12.8. The number of primary amides is 1. The molecular weight excluding hydrogens is 426 g/mol. The van der Waals surface area contributed by atoms with Crippen LogP contribution in [0.3, 0.4) is 0 Å². The van der Waals surface area contributed by atoms with Gasteiger partial charge in [0.15, 0.2) is 12.3 Å². The highest BCUT2D eigenvalue weighted by molar-refractivity contribution is 6.05. The van der Waals surface area contributed by atoms with Crippen LogP contribution in [0.15, 0.2) is 53.3 Å². The van der Waals surface area contributed by atoms with Crippen LogP contribution in [-0.2, 0) is 11.3 Å². The van der Waals surface area contributed by atoms with Gasteiger partial charge < -0.3 is 10.5 Å². The van der Waals surface area contributed by atoms with E-state index >= 15 is 0 Å². The maximum atomic E-state index is 12.8. The molecule has 0 radical (unpaired) electrons. The minimum atomic E-state index is -0.667. The second-order valence-corrected chi connectivity index (χ2v) is 7.31. The largest absolute Gasteiger partial charge is 0.484 e. The van der Waals surface area contributed by atoms with Crippen LogP contribution in [0.2, 0.25) is 0 Å². The lowest BCUT2D eigenvalue weighted by Crippen LogP contribution is -2.44. The lowest BCUT2D eigenvalue weighted by molar-refractivity contribution is -0.123. The monoisotopic (exact) mass is 451 g/mol. The third kappa shape index (κ3) is 5.94. The molecule has 3 aromatic rings. The van der Waals surface area contributed by atoms with Crippen LogP contribution in [0, 0.1) is 0 Å². The topological polar surface area (TPSA) is 145 Å². The molecule has 0 aliphatic rings. The number of carbonyl (C=O) groups is 3. The van der Waals surface area contributed by atoms with E-state index in [9.17, 15) is 19.2 Å². The average Bonchev–Trinajstić information content (AvgIpc) is 2.83. The fourth-order valence-electron chi connectivity index (χ4n) is 3.18. The minimum Gasteiger partial charge on any atom is -0.484 e. The van der Waals surface area contributed by atoms with E-state index in [1.165, 1.54) is 16.8 Å². The van der Waals surface area contributed by atoms with Crippen LogP contribution < -0.4 is 26.9 Å². The molecule has 0 saturated heterocycles. The number of nitrogens with two attached hydrogens (primary N) is 1. The first-order chi connectivity index (χ1) is 15.9. The summed E-state index contributed by atoms with van der Waals surface area (Å²) >= 11 is 0. The number of aryl methyl sites for hydroxylation is 1. The minimum absolute atomic E-state index is 0.0251. The molecule has 2 aromatic carbocycles. The number of unbranched alkanes of at least 4 members (excludes halogenated alkanes) is 2. The summed E-state index contributed by atoms with van der Waals surface area (Å²) in [7, 11) is 0. The first kappa shape index (κ1) is 23.5. The highest BCUT2D eigenvalue weighted by Gasteiger charge is 2.17. The van der Waals surface area contributed by atoms with Crippen LogP contribution in [0.4, 0.5) is 0 Å². The van der Waals surface area contributed by atoms with Gasteiger partial charge in [0, 0.05) is 17.5 Å². The lowest BCUT2D eigenvalue weighted by Gasteiger charge is -2.12. The maximum Gasteiger partial charge on any atom is 0.290 e. The number of nitrogens with one attached hydrogen (secondary N) is 2. The number of nitrogens with zero attached hydrogens (tertiary/aromatic N) is 2. The van der Waals surface area contributed by atoms with Crippen molar-refractivity contribution in [1.29, 1.82) is 0 Å². The van der Waals surface area contributed by atoms with Gasteiger partial charge in [-0.3, -0.25) is 30.0 Å². The number of fused-ring (bicyclic) bond motifs is 1. The van der Waals surface area contributed by atoms with Gasteiger partial charge in [-0.2, -0.15) is 5.10 Å². The Balaban J connectivity index is 1.68. The van der Waals surface area contributed by atoms with Crippen molar-refractivity contribution in [2.75, 3.05) is 6.61 Å². The number of benzene rings is 2. The summed E-state index contributed by atoms with van der Waals surface area (Å²) in [5.41, 5.74) is 9.78. The van der Waals surface area contributed by atoms with Crippen molar-refractivity contribution >= 4 is 28.5 Å². The normalized spacial score (nSPS) is 10.6. The van der Waals surface area contributed by atoms with Crippen molar-refractivity contribution in [3.8, 4) is 5.75 Å². The van der Waals surface area contributed by atoms with Gasteiger partial charge in [0.1, 0.15) is 5.75 Å². The van der Waals surface area contributed by atoms with E-state index < -0.39 is 24.3 Å². The third-order valence-corrected chi connectivity index (χ3v) is 4.86. The van der Waals surface area contributed by atoms with Gasteiger partial charge in [0.2, 0.25) is 5.91 Å². The standard InChI is InChI=1S/C23H25N5O5/c1-2-3-6-12-28-23(32)18-11-5-4-10-17(18)20(27-28)22(31)26-25-19(29)14-33-16-9-7-8-15(13-16)21(24)30/h4-5,7-11,13H,2-3,6,12,14H2,1H3,(H2,24,30)(H,25,29)(H,26,31). The average molecular weight is 451 g/mol. The second kappa shape index (κ2) is 10.9. The summed E-state index contributed by atoms with van der Waals surface area (Å²) in [5, 5.41) is 5.00. The van der Waals surface area contributed by atoms with E-state index in [-0.39, 0.29) is 22.6 Å². The first-order valence-electron chi connectivity index (χ1n) is 10.5. The van der Waals surface area contributed by atoms with Gasteiger partial charge in [-0.1, -0.05) is 44.0 Å². The van der Waals surface area contributed by atoms with Crippen LogP contribution in [0.5, 0.6) is 5.75 Å². The van der Waals surface area contributed by atoms with Crippen LogP contribution in [-0.4, -0.2) is 34.1 Å². The van der Waals surface area contributed by atoms with E-state index in [1.54, 1.807) is 36.4 Å². The van der Waals surface area contributed by atoms with Crippen molar-refractivity contribution in [3.05, 3.63) is 70.1 Å². The van der Waals surface area contributed by atoms with Crippen molar-refractivity contribution in [2.24, 2.45) is 5.73 Å². The van der Waals surface area contributed by atoms with Crippen molar-refractivity contribution < 1.29 is 19.1 Å². The number of rotatable bonds is 9. The summed E-state index contributed by atoms with van der Waals surface area (Å²) in [6.45, 7) is 2.03. The Kier molecular flexibility index (Phi) is 7.74. The molecule has 3 amide bonds. The molecule has 10 nitrogen and oxygen atoms in total. The van der Waals surface area contributed by atoms with Gasteiger partial charge in [0.05, 0.1) is 5.39 Å². The Morgan fingerprint density at radius 1 is 1.03 bits per heavy atom. The zero-order valence-electron chi connectivity index (χ0n) is 18.2. The number of carbonyl (C=O) groups excluding carboxylic acids is 3. The molecule has 0 spiro atoms. The van der Waals surface area contributed by atoms with E-state index in [2.05, 4.69) is 22.9 Å². The lowest BCUT2D eigenvalue weighted by atomic mass is 10.1. The van der Waals surface area contributed by atoms with E-state index in [0.29, 0.717) is 17.3 Å². The fraction of sp³-hybridized carbons (Fsp3) is 0.261. The Morgan fingerprint density at radius 2 is 1.79 bits per heavy atom. The summed E-state index contributed by atoms with van der Waals surface area (Å²) < 4.78 is 6.61. The third-order valence-electron chi connectivity index (χ3n) is 4.86. The molecule has 0 atom stereocenters. The molecule has 0 bridgehead atoms. The van der Waals surface area contributed by atoms with E-state index in [4.69, 9.17) is 10.5 Å². The summed E-state index contributed by atoms with van der Waals surface area (Å²) in [6.07, 6.45) is 2.67. The Bertz CT molecular complexity index is 1240. The first-order valence-corrected chi connectivity index (χ1v) is 10.5. The number of aromatic nitrogens is 2. The Morgan fingerprint density at radius 3 is 2.52 bits per heavy atom. The summed E-state index contributed by atoms with van der Waals surface area (Å²) in [5.74, 6) is -1.64. The molecule has 1 aromatic heterocycles. The van der Waals surface area contributed by atoms with Crippen molar-refractivity contribution in [1.82, 2.24) is 20.6 Å². The Labute approximate surface area is 189 Å². The molecule has 0 aliphatic carbocycles. The predicted octanol–water partition coefficient (Wildman–Crippen LogP) is 1.53. The smallest absolute Gasteiger partial charge is 0.290 e. The molecule has 172 valence electrons. The number of amides is 3. The van der Waals surface area contributed by atoms with Crippen molar-refractivity contribution in [3.63, 3.8) is 0 Å². The van der Waals surface area contributed by atoms with E-state index in [0.717, 1.165) is 19.3 Å².